The van der Waals surface area contributed by atoms with Crippen LogP contribution < -0.4 is 5.73 Å². The zero-order valence-electron chi connectivity index (χ0n) is 10.3. The van der Waals surface area contributed by atoms with Gasteiger partial charge in [0, 0.05) is 12.8 Å². The second kappa shape index (κ2) is 5.62. The Kier molecular flexibility index (Phi) is 4.15. The Labute approximate surface area is 102 Å². The summed E-state index contributed by atoms with van der Waals surface area (Å²) in [6, 6.07) is -0.338. The molecule has 0 aromatic carbocycles. The van der Waals surface area contributed by atoms with E-state index in [9.17, 15) is 5.11 Å². The van der Waals surface area contributed by atoms with Crippen molar-refractivity contribution >= 4 is 0 Å². The van der Waals surface area contributed by atoms with Gasteiger partial charge in [-0.25, -0.2) is 4.98 Å². The van der Waals surface area contributed by atoms with E-state index in [0.717, 1.165) is 12.8 Å². The van der Waals surface area contributed by atoms with Crippen LogP contribution in [0.4, 0.5) is 0 Å². The second-order valence-electron chi connectivity index (χ2n) is 4.62. The first-order valence-electron chi connectivity index (χ1n) is 6.18. The molecule has 5 nitrogen and oxygen atoms in total. The van der Waals surface area contributed by atoms with E-state index < -0.39 is 0 Å². The standard InChI is InChI=1S/C12H21N3O2/c1-17-7-9(13)12(6-16)15-8-14-10-4-2-3-5-11(10)15/h8-9,12,16H,2-7,13H2,1H3. The third-order valence-corrected chi connectivity index (χ3v) is 3.46. The maximum atomic E-state index is 9.51. The van der Waals surface area contributed by atoms with Gasteiger partial charge in [-0.15, -0.1) is 0 Å². The highest BCUT2D eigenvalue weighted by molar-refractivity contribution is 5.17. The van der Waals surface area contributed by atoms with E-state index in [1.54, 1.807) is 7.11 Å². The average Bonchev–Trinajstić information content (AvgIpc) is 2.75. The van der Waals surface area contributed by atoms with E-state index in [1.807, 2.05) is 10.9 Å². The number of aliphatic hydroxyl groups is 1. The Morgan fingerprint density at radius 1 is 1.53 bits per heavy atom. The number of hydrogen-bond acceptors (Lipinski definition) is 4. The fourth-order valence-electron chi connectivity index (χ4n) is 2.51. The van der Waals surface area contributed by atoms with Crippen LogP contribution in [0.25, 0.3) is 0 Å². The van der Waals surface area contributed by atoms with Gasteiger partial charge < -0.3 is 20.1 Å². The molecular formula is C12H21N3O2. The molecule has 0 spiro atoms. The molecule has 0 saturated heterocycles. The molecule has 0 amide bonds. The van der Waals surface area contributed by atoms with Crippen molar-refractivity contribution in [3.05, 3.63) is 17.7 Å². The second-order valence-corrected chi connectivity index (χ2v) is 4.62. The van der Waals surface area contributed by atoms with Gasteiger partial charge in [0.05, 0.1) is 37.3 Å². The topological polar surface area (TPSA) is 73.3 Å². The number of aryl methyl sites for hydroxylation is 1. The van der Waals surface area contributed by atoms with Gasteiger partial charge >= 0.3 is 0 Å². The molecule has 1 aliphatic rings. The van der Waals surface area contributed by atoms with E-state index >= 15 is 0 Å². The molecule has 0 aliphatic heterocycles. The van der Waals surface area contributed by atoms with Crippen LogP contribution in [0.5, 0.6) is 0 Å². The summed E-state index contributed by atoms with van der Waals surface area (Å²) in [6.45, 7) is 0.464. The number of nitrogens with two attached hydrogens (primary N) is 1. The number of aliphatic hydroxyl groups excluding tert-OH is 1. The molecule has 1 aliphatic carbocycles. The molecule has 96 valence electrons. The smallest absolute Gasteiger partial charge is 0.0955 e. The highest BCUT2D eigenvalue weighted by Crippen LogP contribution is 2.23. The number of hydrogen-bond donors (Lipinski definition) is 2. The molecule has 0 radical (unpaired) electrons. The van der Waals surface area contributed by atoms with E-state index in [4.69, 9.17) is 10.5 Å². The molecule has 5 heteroatoms. The monoisotopic (exact) mass is 239 g/mol. The summed E-state index contributed by atoms with van der Waals surface area (Å²) < 4.78 is 7.10. The van der Waals surface area contributed by atoms with Crippen LogP contribution in [0.2, 0.25) is 0 Å². The molecule has 1 aromatic heterocycles. The lowest BCUT2D eigenvalue weighted by atomic mass is 10.00. The van der Waals surface area contributed by atoms with Crippen LogP contribution >= 0.6 is 0 Å². The molecule has 0 bridgehead atoms. The molecule has 0 saturated carbocycles. The molecule has 1 aromatic rings. The summed E-state index contributed by atoms with van der Waals surface area (Å²) in [4.78, 5) is 4.42. The van der Waals surface area contributed by atoms with Crippen molar-refractivity contribution in [2.24, 2.45) is 5.73 Å². The summed E-state index contributed by atoms with van der Waals surface area (Å²) in [5.41, 5.74) is 8.43. The minimum atomic E-state index is -0.203. The number of rotatable bonds is 5. The molecule has 2 atom stereocenters. The molecular weight excluding hydrogens is 218 g/mol. The minimum Gasteiger partial charge on any atom is -0.394 e. The number of imidazole rings is 1. The highest BCUT2D eigenvalue weighted by atomic mass is 16.5. The fraction of sp³-hybridized carbons (Fsp3) is 0.750. The number of nitrogens with zero attached hydrogens (tertiary/aromatic N) is 2. The lowest BCUT2D eigenvalue weighted by Gasteiger charge is -2.25. The molecule has 2 rings (SSSR count). The van der Waals surface area contributed by atoms with Crippen molar-refractivity contribution < 1.29 is 9.84 Å². The van der Waals surface area contributed by atoms with E-state index in [0.29, 0.717) is 6.61 Å². The maximum Gasteiger partial charge on any atom is 0.0955 e. The summed E-state index contributed by atoms with van der Waals surface area (Å²) >= 11 is 0. The van der Waals surface area contributed by atoms with Gasteiger partial charge in [0.2, 0.25) is 0 Å². The van der Waals surface area contributed by atoms with Crippen LogP contribution in [-0.2, 0) is 17.6 Å². The van der Waals surface area contributed by atoms with Crippen LogP contribution in [0.3, 0.4) is 0 Å². The SMILES string of the molecule is COCC(N)C(CO)n1cnc2c1CCCC2. The predicted octanol–water partition coefficient (Wildman–Crippen LogP) is 0.269. The van der Waals surface area contributed by atoms with E-state index in [2.05, 4.69) is 4.98 Å². The summed E-state index contributed by atoms with van der Waals surface area (Å²) in [5.74, 6) is 0. The first-order valence-corrected chi connectivity index (χ1v) is 6.18. The lowest BCUT2D eigenvalue weighted by Crippen LogP contribution is -2.38. The summed E-state index contributed by atoms with van der Waals surface area (Å²) in [5, 5.41) is 9.51. The summed E-state index contributed by atoms with van der Waals surface area (Å²) in [6.07, 6.45) is 6.28. The lowest BCUT2D eigenvalue weighted by molar-refractivity contribution is 0.128. The quantitative estimate of drug-likeness (QED) is 0.773. The number of aromatic nitrogens is 2. The predicted molar refractivity (Wildman–Crippen MR) is 64.8 cm³/mol. The Balaban J connectivity index is 2.21. The third-order valence-electron chi connectivity index (χ3n) is 3.46. The average molecular weight is 239 g/mol. The van der Waals surface area contributed by atoms with Crippen LogP contribution in [0.15, 0.2) is 6.33 Å². The molecule has 0 fully saturated rings. The van der Waals surface area contributed by atoms with Gasteiger partial charge in [-0.1, -0.05) is 0 Å². The number of ether oxygens (including phenoxy) is 1. The van der Waals surface area contributed by atoms with E-state index in [-0.39, 0.29) is 18.7 Å². The minimum absolute atomic E-state index is 0.0212. The zero-order valence-corrected chi connectivity index (χ0v) is 10.3. The zero-order chi connectivity index (χ0) is 12.3. The van der Waals surface area contributed by atoms with Crippen molar-refractivity contribution in [3.8, 4) is 0 Å². The number of fused-ring (bicyclic) bond motifs is 1. The van der Waals surface area contributed by atoms with Crippen molar-refractivity contribution in [3.63, 3.8) is 0 Å². The largest absolute Gasteiger partial charge is 0.394 e. The van der Waals surface area contributed by atoms with Crippen molar-refractivity contribution in [2.75, 3.05) is 20.3 Å². The Morgan fingerprint density at radius 3 is 3.00 bits per heavy atom. The van der Waals surface area contributed by atoms with E-state index in [1.165, 1.54) is 24.2 Å². The van der Waals surface area contributed by atoms with Crippen molar-refractivity contribution in [2.45, 2.75) is 37.8 Å². The van der Waals surface area contributed by atoms with Crippen molar-refractivity contribution in [1.29, 1.82) is 0 Å². The van der Waals surface area contributed by atoms with Gasteiger partial charge in [0.15, 0.2) is 0 Å². The van der Waals surface area contributed by atoms with Crippen LogP contribution in [-0.4, -0.2) is 41.0 Å². The van der Waals surface area contributed by atoms with Crippen LogP contribution in [0.1, 0.15) is 30.3 Å². The fourth-order valence-corrected chi connectivity index (χ4v) is 2.51. The first kappa shape index (κ1) is 12.5. The normalized spacial score (nSPS) is 18.8. The molecule has 17 heavy (non-hydrogen) atoms. The van der Waals surface area contributed by atoms with Gasteiger partial charge in [0.1, 0.15) is 0 Å². The highest BCUT2D eigenvalue weighted by Gasteiger charge is 2.24. The van der Waals surface area contributed by atoms with Gasteiger partial charge in [-0.2, -0.15) is 0 Å². The maximum absolute atomic E-state index is 9.51. The van der Waals surface area contributed by atoms with Crippen LogP contribution in [0, 0.1) is 0 Å². The Morgan fingerprint density at radius 2 is 2.29 bits per heavy atom. The summed E-state index contributed by atoms with van der Waals surface area (Å²) in [7, 11) is 1.62. The number of methoxy groups -OCH3 is 1. The Bertz CT molecular complexity index is 365. The Hall–Kier alpha value is -0.910. The van der Waals surface area contributed by atoms with Gasteiger partial charge in [-0.05, 0) is 25.7 Å². The molecule has 1 heterocycles. The first-order chi connectivity index (χ1) is 8.27. The third kappa shape index (κ3) is 2.51. The van der Waals surface area contributed by atoms with Gasteiger partial charge in [-0.3, -0.25) is 0 Å². The van der Waals surface area contributed by atoms with Crippen molar-refractivity contribution in [1.82, 2.24) is 9.55 Å². The molecule has 3 N–H and O–H groups in total. The molecule has 2 unspecified atom stereocenters. The van der Waals surface area contributed by atoms with Gasteiger partial charge in [0.25, 0.3) is 0 Å².